The number of aromatic amines is 2. The van der Waals surface area contributed by atoms with Gasteiger partial charge in [0.05, 0.1) is 49.8 Å². The molecule has 7 rings (SSSR count). The molecule has 2 aromatic heterocycles. The molecule has 0 saturated carbocycles. The number of aryl methyl sites for hydroxylation is 2. The second-order valence-corrected chi connectivity index (χ2v) is 17.1. The lowest BCUT2D eigenvalue weighted by atomic mass is 9.95. The van der Waals surface area contributed by atoms with Gasteiger partial charge in [0.15, 0.2) is 0 Å². The number of benzene rings is 2. The van der Waals surface area contributed by atoms with Crippen LogP contribution in [0.25, 0.3) is 33.6 Å². The number of methoxy groups -OCH3 is 2. The van der Waals surface area contributed by atoms with Gasteiger partial charge >= 0.3 is 18.4 Å². The average Bonchev–Trinajstić information content (AvgIpc) is 4.06. The Morgan fingerprint density at radius 3 is 1.77 bits per heavy atom. The first kappa shape index (κ1) is 44.2. The maximum atomic E-state index is 14.0. The highest BCUT2D eigenvalue weighted by atomic mass is 19.4. The summed E-state index contributed by atoms with van der Waals surface area (Å²) in [6.45, 7) is 8.29. The van der Waals surface area contributed by atoms with Crippen LogP contribution in [0.1, 0.15) is 100 Å². The molecule has 62 heavy (non-hydrogen) atoms. The van der Waals surface area contributed by atoms with Crippen LogP contribution in [-0.4, -0.2) is 99.3 Å². The third-order valence-corrected chi connectivity index (χ3v) is 12.2. The summed E-state index contributed by atoms with van der Waals surface area (Å²) in [6, 6.07) is 11.0. The van der Waals surface area contributed by atoms with Gasteiger partial charge in [0, 0.05) is 29.9 Å². The number of hydrogen-bond acceptors (Lipinski definition) is 8. The van der Waals surface area contributed by atoms with Gasteiger partial charge in [0.1, 0.15) is 23.7 Å². The summed E-state index contributed by atoms with van der Waals surface area (Å²) in [5, 5.41) is 5.30. The largest absolute Gasteiger partial charge is 0.453 e. The van der Waals surface area contributed by atoms with Gasteiger partial charge in [-0.3, -0.25) is 9.59 Å². The fourth-order valence-electron chi connectivity index (χ4n) is 9.02. The number of ether oxygens (including phenoxy) is 2. The third-order valence-electron chi connectivity index (χ3n) is 12.2. The van der Waals surface area contributed by atoms with Gasteiger partial charge in [-0.15, -0.1) is 0 Å². The molecular weight excluding hydrogens is 806 g/mol. The van der Waals surface area contributed by atoms with Crippen molar-refractivity contribution in [3.8, 4) is 33.6 Å². The van der Waals surface area contributed by atoms with E-state index in [4.69, 9.17) is 19.4 Å². The van der Waals surface area contributed by atoms with E-state index in [1.165, 1.54) is 14.2 Å². The summed E-state index contributed by atoms with van der Waals surface area (Å²) in [6.07, 6.45) is -1.98. The normalized spacial score (nSPS) is 18.6. The highest BCUT2D eigenvalue weighted by Gasteiger charge is 2.40. The summed E-state index contributed by atoms with van der Waals surface area (Å²) >= 11 is 0. The number of imidazole rings is 2. The van der Waals surface area contributed by atoms with Gasteiger partial charge in [-0.05, 0) is 73.5 Å². The Morgan fingerprint density at radius 2 is 1.24 bits per heavy atom. The van der Waals surface area contributed by atoms with Crippen molar-refractivity contribution in [3.63, 3.8) is 0 Å². The summed E-state index contributed by atoms with van der Waals surface area (Å²) in [5.41, 5.74) is 6.39. The number of alkyl halides is 3. The molecule has 17 heteroatoms. The zero-order chi connectivity index (χ0) is 44.5. The number of carbonyl (C=O) groups is 4. The molecule has 1 aliphatic carbocycles. The Morgan fingerprint density at radius 1 is 0.726 bits per heavy atom. The number of alkyl carbamates (subject to hydrolysis) is 2. The van der Waals surface area contributed by atoms with E-state index in [-0.39, 0.29) is 46.9 Å². The lowest BCUT2D eigenvalue weighted by Crippen LogP contribution is -2.51. The minimum absolute atomic E-state index is 0.0884. The summed E-state index contributed by atoms with van der Waals surface area (Å²) in [5.74, 6) is 0.0631. The van der Waals surface area contributed by atoms with Crippen LogP contribution in [0, 0.1) is 11.8 Å². The van der Waals surface area contributed by atoms with E-state index < -0.39 is 42.9 Å². The molecule has 0 bridgehead atoms. The monoisotopic (exact) mass is 860 g/mol. The van der Waals surface area contributed by atoms with Gasteiger partial charge in [-0.2, -0.15) is 13.2 Å². The predicted octanol–water partition coefficient (Wildman–Crippen LogP) is 7.82. The maximum Gasteiger partial charge on any atom is 0.407 e. The Bertz CT molecular complexity index is 2290. The van der Waals surface area contributed by atoms with Crippen LogP contribution in [0.15, 0.2) is 42.5 Å². The molecule has 2 saturated heterocycles. The van der Waals surface area contributed by atoms with E-state index in [1.807, 2.05) is 36.9 Å². The van der Waals surface area contributed by atoms with Crippen LogP contribution in [0.3, 0.4) is 0 Å². The first-order chi connectivity index (χ1) is 29.6. The van der Waals surface area contributed by atoms with Gasteiger partial charge in [-0.25, -0.2) is 19.6 Å². The van der Waals surface area contributed by atoms with Crippen molar-refractivity contribution in [1.82, 2.24) is 40.4 Å². The van der Waals surface area contributed by atoms with Crippen molar-refractivity contribution in [2.24, 2.45) is 11.8 Å². The molecule has 4 amide bonds. The van der Waals surface area contributed by atoms with Gasteiger partial charge < -0.3 is 39.9 Å². The molecule has 2 fully saturated rings. The molecule has 4 aromatic rings. The van der Waals surface area contributed by atoms with Crippen molar-refractivity contribution in [3.05, 3.63) is 71.1 Å². The van der Waals surface area contributed by atoms with Crippen LogP contribution in [-0.2, 0) is 38.3 Å². The fraction of sp³-hybridized carbons (Fsp3) is 0.511. The predicted molar refractivity (Wildman–Crippen MR) is 225 cm³/mol. The molecule has 0 unspecified atom stereocenters. The molecule has 332 valence electrons. The number of H-pyrrole nitrogens is 2. The Kier molecular flexibility index (Phi) is 13.0. The van der Waals surface area contributed by atoms with Crippen molar-refractivity contribution in [1.29, 1.82) is 0 Å². The molecule has 14 nitrogen and oxygen atoms in total. The molecule has 3 aliphatic rings. The van der Waals surface area contributed by atoms with E-state index in [2.05, 4.69) is 32.7 Å². The zero-order valence-corrected chi connectivity index (χ0v) is 35.9. The Labute approximate surface area is 358 Å². The van der Waals surface area contributed by atoms with Crippen LogP contribution in [0.4, 0.5) is 22.8 Å². The molecule has 0 spiro atoms. The second kappa shape index (κ2) is 18.2. The molecular formula is C45H55F3N8O6. The molecule has 4 atom stereocenters. The number of nitrogens with zero attached hydrogens (tertiary/aromatic N) is 4. The Balaban J connectivity index is 1.13. The second-order valence-electron chi connectivity index (χ2n) is 17.1. The van der Waals surface area contributed by atoms with Crippen molar-refractivity contribution in [2.45, 2.75) is 109 Å². The maximum absolute atomic E-state index is 14.0. The number of aromatic nitrogens is 4. The number of likely N-dealkylation sites (tertiary alicyclic amines) is 2. The molecule has 0 radical (unpaired) electrons. The average molecular weight is 861 g/mol. The minimum atomic E-state index is -4.51. The minimum Gasteiger partial charge on any atom is -0.453 e. The quantitative estimate of drug-likeness (QED) is 0.118. The fourth-order valence-corrected chi connectivity index (χ4v) is 9.02. The van der Waals surface area contributed by atoms with Crippen LogP contribution in [0.2, 0.25) is 0 Å². The summed E-state index contributed by atoms with van der Waals surface area (Å²) in [4.78, 5) is 71.3. The van der Waals surface area contributed by atoms with Crippen LogP contribution >= 0.6 is 0 Å². The van der Waals surface area contributed by atoms with Crippen molar-refractivity contribution < 1.29 is 41.8 Å². The number of hydrogen-bond donors (Lipinski definition) is 4. The zero-order valence-electron chi connectivity index (χ0n) is 35.9. The SMILES string of the molecule is COC(=O)N[C@H](C(=O)N1CCC[C@H]1c1nc(-c2ccc(-c3ccc4c(c3)CCCc3[nH]c([C@@H]5CCCN5C(=O)[C@@H](NC(=O)OC)C(C)C)nc3-4)cc2)c(CC(F)(F)F)[nH]1)C(C)C. The molecule has 4 heterocycles. The lowest BCUT2D eigenvalue weighted by molar-refractivity contribution is -0.136. The van der Waals surface area contributed by atoms with Crippen molar-refractivity contribution in [2.75, 3.05) is 27.3 Å². The van der Waals surface area contributed by atoms with E-state index in [0.29, 0.717) is 31.5 Å². The smallest absolute Gasteiger partial charge is 0.407 e. The Hall–Kier alpha value is -5.87. The van der Waals surface area contributed by atoms with Gasteiger partial charge in [0.2, 0.25) is 11.8 Å². The first-order valence-corrected chi connectivity index (χ1v) is 21.3. The van der Waals surface area contributed by atoms with Crippen LogP contribution in [0.5, 0.6) is 0 Å². The number of halogens is 3. The van der Waals surface area contributed by atoms with Gasteiger partial charge in [0.25, 0.3) is 0 Å². The number of amides is 4. The topological polar surface area (TPSA) is 175 Å². The first-order valence-electron chi connectivity index (χ1n) is 21.3. The lowest BCUT2D eigenvalue weighted by Gasteiger charge is -2.30. The van der Waals surface area contributed by atoms with E-state index in [0.717, 1.165) is 71.6 Å². The molecule has 2 aromatic carbocycles. The van der Waals surface area contributed by atoms with Crippen LogP contribution < -0.4 is 10.6 Å². The van der Waals surface area contributed by atoms with E-state index in [9.17, 15) is 32.3 Å². The molecule has 2 aliphatic heterocycles. The third kappa shape index (κ3) is 9.31. The van der Waals surface area contributed by atoms with E-state index >= 15 is 0 Å². The standard InChI is InChI=1S/C45H55F3N8O6/c1-24(2)35(53-43(59)61-5)41(57)55-20-8-12-33(55)39-49-31-11-7-10-29-22-28(18-19-30(29)38(31)52-39)26-14-16-27(17-15-26)37-32(23-45(46,47)48)50-40(51-37)34-13-9-21-56(34)42(58)36(25(3)4)54-44(60)62-6/h14-19,22,24-25,33-36H,7-13,20-21,23H2,1-6H3,(H,49,52)(H,50,51)(H,53,59)(H,54,60)/t33-,34-,35-,36-/m0/s1. The number of fused-ring (bicyclic) bond motifs is 3. The number of rotatable bonds is 11. The van der Waals surface area contributed by atoms with Crippen molar-refractivity contribution >= 4 is 24.0 Å². The summed E-state index contributed by atoms with van der Waals surface area (Å²) in [7, 11) is 2.49. The summed E-state index contributed by atoms with van der Waals surface area (Å²) < 4.78 is 51.4. The van der Waals surface area contributed by atoms with Gasteiger partial charge in [-0.1, -0.05) is 70.2 Å². The van der Waals surface area contributed by atoms with E-state index in [1.54, 1.807) is 30.9 Å². The number of nitrogens with one attached hydrogen (secondary N) is 4. The molecule has 4 N–H and O–H groups in total. The highest BCUT2D eigenvalue weighted by Crippen LogP contribution is 2.40. The highest BCUT2D eigenvalue weighted by molar-refractivity contribution is 5.87. The number of carbonyl (C=O) groups excluding carboxylic acids is 4.